The van der Waals surface area contributed by atoms with Gasteiger partial charge in [0.15, 0.2) is 0 Å². The Hall–Kier alpha value is -1.27. The van der Waals surface area contributed by atoms with E-state index >= 15 is 0 Å². The first-order valence-corrected chi connectivity index (χ1v) is 21.4. The number of benzene rings is 1. The SMILES string of the molecule is COc1ccc(COC/C(C)=C/CC[C@H](C)C[C@H]2C/C(=[C](\C)[Sn]([CH3])([CH3])[CH3])C(=O)O2)cc1. The first kappa shape index (κ1) is 26.0. The summed E-state index contributed by atoms with van der Waals surface area (Å²) in [5.41, 5.74) is 3.38. The van der Waals surface area contributed by atoms with Crippen molar-refractivity contribution < 1.29 is 19.0 Å². The van der Waals surface area contributed by atoms with E-state index in [0.717, 1.165) is 42.6 Å². The van der Waals surface area contributed by atoms with Crippen molar-refractivity contribution in [2.45, 2.75) is 74.0 Å². The summed E-state index contributed by atoms with van der Waals surface area (Å²) in [6.45, 7) is 7.78. The van der Waals surface area contributed by atoms with E-state index < -0.39 is 18.4 Å². The van der Waals surface area contributed by atoms with Gasteiger partial charge in [-0.1, -0.05) is 12.1 Å². The number of allylic oxidation sites excluding steroid dienone is 2. The van der Waals surface area contributed by atoms with E-state index in [1.807, 2.05) is 24.3 Å². The summed E-state index contributed by atoms with van der Waals surface area (Å²) in [6, 6.07) is 7.97. The van der Waals surface area contributed by atoms with E-state index in [1.54, 1.807) is 7.11 Å². The fraction of sp³-hybridized carbons (Fsp3) is 0.577. The van der Waals surface area contributed by atoms with Gasteiger partial charge in [-0.3, -0.25) is 0 Å². The third kappa shape index (κ3) is 8.64. The maximum absolute atomic E-state index is 12.3. The second kappa shape index (κ2) is 12.1. The molecule has 4 nitrogen and oxygen atoms in total. The van der Waals surface area contributed by atoms with Crippen molar-refractivity contribution in [1.82, 2.24) is 0 Å². The van der Waals surface area contributed by atoms with Crippen molar-refractivity contribution in [3.63, 3.8) is 0 Å². The molecule has 2 rings (SSSR count). The van der Waals surface area contributed by atoms with Crippen LogP contribution < -0.4 is 4.74 Å². The van der Waals surface area contributed by atoms with E-state index in [1.165, 1.54) is 9.16 Å². The fourth-order valence-corrected chi connectivity index (χ4v) is 6.92. The van der Waals surface area contributed by atoms with Gasteiger partial charge in [-0.2, -0.15) is 0 Å². The van der Waals surface area contributed by atoms with Gasteiger partial charge < -0.3 is 4.74 Å². The Kier molecular flexibility index (Phi) is 10.1. The van der Waals surface area contributed by atoms with Crippen LogP contribution in [0.2, 0.25) is 14.8 Å². The zero-order valence-electron chi connectivity index (χ0n) is 20.4. The quantitative estimate of drug-likeness (QED) is 0.141. The number of hydrogen-bond donors (Lipinski definition) is 0. The average molecular weight is 535 g/mol. The molecular weight excluding hydrogens is 495 g/mol. The zero-order valence-corrected chi connectivity index (χ0v) is 23.3. The topological polar surface area (TPSA) is 44.8 Å². The molecule has 0 aromatic heterocycles. The van der Waals surface area contributed by atoms with E-state index in [0.29, 0.717) is 19.1 Å². The van der Waals surface area contributed by atoms with Crippen molar-refractivity contribution in [2.24, 2.45) is 5.92 Å². The van der Waals surface area contributed by atoms with Crippen LogP contribution in [-0.4, -0.2) is 44.2 Å². The summed E-state index contributed by atoms with van der Waals surface area (Å²) in [4.78, 5) is 19.4. The van der Waals surface area contributed by atoms with Gasteiger partial charge in [0, 0.05) is 0 Å². The molecule has 1 fully saturated rings. The minimum absolute atomic E-state index is 0.0546. The van der Waals surface area contributed by atoms with Crippen LogP contribution in [0.4, 0.5) is 0 Å². The van der Waals surface area contributed by atoms with Gasteiger partial charge in [0.2, 0.25) is 0 Å². The monoisotopic (exact) mass is 536 g/mol. The van der Waals surface area contributed by atoms with Crippen molar-refractivity contribution in [2.75, 3.05) is 13.7 Å². The van der Waals surface area contributed by atoms with Gasteiger partial charge in [-0.25, -0.2) is 0 Å². The summed E-state index contributed by atoms with van der Waals surface area (Å²) in [7, 11) is 1.67. The van der Waals surface area contributed by atoms with Crippen LogP contribution in [-0.2, 0) is 20.9 Å². The molecule has 2 atom stereocenters. The van der Waals surface area contributed by atoms with Gasteiger partial charge >= 0.3 is 139 Å². The number of cyclic esters (lactones) is 1. The Labute approximate surface area is 192 Å². The Bertz CT molecular complexity index is 787. The maximum atomic E-state index is 12.3. The fourth-order valence-electron chi connectivity index (χ4n) is 3.76. The minimum atomic E-state index is -2.20. The summed E-state index contributed by atoms with van der Waals surface area (Å²) in [5.74, 6) is 1.33. The first-order valence-electron chi connectivity index (χ1n) is 11.4. The summed E-state index contributed by atoms with van der Waals surface area (Å²) >= 11 is -2.20. The molecule has 0 bridgehead atoms. The molecular formula is C26H40O4Sn. The van der Waals surface area contributed by atoms with Crippen LogP contribution in [0.1, 0.15) is 52.0 Å². The second-order valence-electron chi connectivity index (χ2n) is 9.89. The predicted molar refractivity (Wildman–Crippen MR) is 130 cm³/mol. The zero-order chi connectivity index (χ0) is 23.0. The molecule has 1 aromatic rings. The van der Waals surface area contributed by atoms with Gasteiger partial charge in [-0.15, -0.1) is 0 Å². The largest absolute Gasteiger partial charge is 0.0530 e. The summed E-state index contributed by atoms with van der Waals surface area (Å²) < 4.78 is 18.1. The number of hydrogen-bond acceptors (Lipinski definition) is 4. The van der Waals surface area contributed by atoms with Crippen molar-refractivity contribution in [3.8, 4) is 5.75 Å². The molecule has 0 amide bonds. The van der Waals surface area contributed by atoms with Gasteiger partial charge in [0.1, 0.15) is 5.75 Å². The molecule has 31 heavy (non-hydrogen) atoms. The van der Waals surface area contributed by atoms with Gasteiger partial charge in [-0.05, 0) is 17.7 Å². The van der Waals surface area contributed by atoms with Crippen molar-refractivity contribution in [1.29, 1.82) is 0 Å². The van der Waals surface area contributed by atoms with Crippen LogP contribution in [0.15, 0.2) is 45.1 Å². The Morgan fingerprint density at radius 3 is 2.52 bits per heavy atom. The second-order valence-corrected chi connectivity index (χ2v) is 24.9. The van der Waals surface area contributed by atoms with Crippen LogP contribution in [0.25, 0.3) is 0 Å². The molecule has 5 heteroatoms. The molecule has 1 aromatic carbocycles. The molecule has 172 valence electrons. The van der Waals surface area contributed by atoms with Gasteiger partial charge in [0.25, 0.3) is 0 Å². The van der Waals surface area contributed by atoms with E-state index in [-0.39, 0.29) is 12.1 Å². The molecule has 0 spiro atoms. The van der Waals surface area contributed by atoms with Crippen LogP contribution >= 0.6 is 0 Å². The average Bonchev–Trinajstić information content (AvgIpc) is 3.06. The Morgan fingerprint density at radius 2 is 1.90 bits per heavy atom. The molecule has 1 aliphatic heterocycles. The summed E-state index contributed by atoms with van der Waals surface area (Å²) in [5, 5.41) is 0. The number of methoxy groups -OCH3 is 1. The predicted octanol–water partition coefficient (Wildman–Crippen LogP) is 6.47. The Balaban J connectivity index is 1.70. The number of carbonyl (C=O) groups is 1. The molecule has 0 saturated carbocycles. The molecule has 0 aliphatic carbocycles. The van der Waals surface area contributed by atoms with Crippen LogP contribution in [0.3, 0.4) is 0 Å². The normalized spacial score (nSPS) is 19.9. The minimum Gasteiger partial charge on any atom is -0.0530 e. The molecule has 0 N–H and O–H groups in total. The molecule has 1 heterocycles. The number of rotatable bonds is 11. The molecule has 0 unspecified atom stereocenters. The number of carbonyl (C=O) groups excluding carboxylic acids is 1. The maximum Gasteiger partial charge on any atom is -0.0196 e. The van der Waals surface area contributed by atoms with Crippen molar-refractivity contribution in [3.05, 3.63) is 50.6 Å². The smallest absolute Gasteiger partial charge is 0.0196 e. The van der Waals surface area contributed by atoms with E-state index in [4.69, 9.17) is 14.2 Å². The van der Waals surface area contributed by atoms with E-state index in [9.17, 15) is 4.79 Å². The Morgan fingerprint density at radius 1 is 1.23 bits per heavy atom. The first-order chi connectivity index (χ1) is 14.6. The number of esters is 1. The molecule has 0 radical (unpaired) electrons. The van der Waals surface area contributed by atoms with Crippen molar-refractivity contribution >= 4 is 24.3 Å². The van der Waals surface area contributed by atoms with E-state index in [2.05, 4.69) is 41.7 Å². The third-order valence-corrected chi connectivity index (χ3v) is 13.4. The van der Waals surface area contributed by atoms with Crippen LogP contribution in [0, 0.1) is 5.92 Å². The molecule has 1 aliphatic rings. The molecule has 1 saturated heterocycles. The van der Waals surface area contributed by atoms with Crippen LogP contribution in [0.5, 0.6) is 5.75 Å². The third-order valence-electron chi connectivity index (χ3n) is 6.10. The number of ether oxygens (including phenoxy) is 3. The van der Waals surface area contributed by atoms with Gasteiger partial charge in [0.05, 0.1) is 13.7 Å². The summed E-state index contributed by atoms with van der Waals surface area (Å²) in [6.07, 6.45) is 6.20. The standard InChI is InChI=1S/C23H31O4.3CH3.Sn/c1-5-20-14-22(27-23(20)24)13-17(2)7-6-8-18(3)15-26-16-19-9-11-21(25-4)12-10-19;;;;/h8-12,17,22H,6-7,13-16H2,1-4H3;3*1H3;/b18-8+,20-5?;;;;/t17-,22-;;;;/m0..../s1.